The number of rotatable bonds is 7. The molecule has 5 nitrogen and oxygen atoms in total. The number of aliphatic hydroxyl groups is 1. The van der Waals surface area contributed by atoms with Gasteiger partial charge in [0, 0.05) is 19.6 Å². The number of likely N-dealkylation sites (tertiary alicyclic amines) is 1. The molecule has 1 unspecified atom stereocenters. The average Bonchev–Trinajstić information content (AvgIpc) is 3.09. The second-order valence-corrected chi connectivity index (χ2v) is 4.91. The fraction of sp³-hybridized carbons (Fsp3) is 0.643. The number of carbonyl (C=O) groups excluding carboxylic acids is 1. The van der Waals surface area contributed by atoms with Crippen LogP contribution in [0, 0.1) is 0 Å². The average molecular weight is 266 g/mol. The summed E-state index contributed by atoms with van der Waals surface area (Å²) >= 11 is 0. The Morgan fingerprint density at radius 2 is 2.26 bits per heavy atom. The van der Waals surface area contributed by atoms with Gasteiger partial charge < -0.3 is 14.8 Å². The minimum atomic E-state index is -0.00944. The van der Waals surface area contributed by atoms with Crippen molar-refractivity contribution >= 4 is 5.91 Å². The van der Waals surface area contributed by atoms with Crippen molar-refractivity contribution in [2.75, 3.05) is 26.2 Å². The van der Waals surface area contributed by atoms with Crippen LogP contribution in [0.4, 0.5) is 0 Å². The van der Waals surface area contributed by atoms with Crippen LogP contribution in [0.5, 0.6) is 0 Å². The van der Waals surface area contributed by atoms with Gasteiger partial charge in [-0.3, -0.25) is 9.69 Å². The molecular formula is C14H22N2O3. The first-order valence-electron chi connectivity index (χ1n) is 6.96. The van der Waals surface area contributed by atoms with Crippen LogP contribution in [0.2, 0.25) is 0 Å². The van der Waals surface area contributed by atoms with Gasteiger partial charge in [-0.2, -0.15) is 0 Å². The predicted molar refractivity (Wildman–Crippen MR) is 71.6 cm³/mol. The van der Waals surface area contributed by atoms with Crippen molar-refractivity contribution in [1.82, 2.24) is 10.2 Å². The van der Waals surface area contributed by atoms with Crippen LogP contribution >= 0.6 is 0 Å². The summed E-state index contributed by atoms with van der Waals surface area (Å²) in [4.78, 5) is 14.0. The molecule has 0 radical (unpaired) electrons. The zero-order valence-electron chi connectivity index (χ0n) is 11.2. The van der Waals surface area contributed by atoms with Crippen molar-refractivity contribution in [3.8, 4) is 0 Å². The van der Waals surface area contributed by atoms with Crippen LogP contribution in [0.25, 0.3) is 0 Å². The Morgan fingerprint density at radius 1 is 1.47 bits per heavy atom. The molecule has 1 aliphatic rings. The largest absolute Gasteiger partial charge is 0.468 e. The van der Waals surface area contributed by atoms with Gasteiger partial charge in [-0.05, 0) is 44.5 Å². The zero-order valence-corrected chi connectivity index (χ0v) is 11.2. The Morgan fingerprint density at radius 3 is 2.89 bits per heavy atom. The third-order valence-corrected chi connectivity index (χ3v) is 3.51. The predicted octanol–water partition coefficient (Wildman–Crippen LogP) is 1.31. The van der Waals surface area contributed by atoms with Crippen LogP contribution in [0.15, 0.2) is 22.8 Å². The van der Waals surface area contributed by atoms with E-state index in [1.54, 1.807) is 6.26 Å². The SMILES string of the molecule is O=C(CCCO)NCC(c1ccco1)N1CCCC1. The van der Waals surface area contributed by atoms with Crippen LogP contribution in [0.1, 0.15) is 37.5 Å². The van der Waals surface area contributed by atoms with Crippen LogP contribution in [0.3, 0.4) is 0 Å². The standard InChI is InChI=1S/C14H22N2O3/c17-9-3-6-14(18)15-11-12(13-5-4-10-19-13)16-7-1-2-8-16/h4-5,10,12,17H,1-3,6-9,11H2,(H,15,18). The van der Waals surface area contributed by atoms with E-state index in [1.807, 2.05) is 12.1 Å². The van der Waals surface area contributed by atoms with Gasteiger partial charge in [-0.1, -0.05) is 0 Å². The smallest absolute Gasteiger partial charge is 0.220 e. The van der Waals surface area contributed by atoms with Crippen molar-refractivity contribution in [1.29, 1.82) is 0 Å². The first-order valence-corrected chi connectivity index (χ1v) is 6.96. The Bertz CT molecular complexity index is 372. The Hall–Kier alpha value is -1.33. The molecule has 0 bridgehead atoms. The number of aliphatic hydroxyl groups excluding tert-OH is 1. The summed E-state index contributed by atoms with van der Waals surface area (Å²) in [7, 11) is 0. The van der Waals surface area contributed by atoms with Crippen molar-refractivity contribution in [3.63, 3.8) is 0 Å². The lowest BCUT2D eigenvalue weighted by molar-refractivity contribution is -0.121. The molecular weight excluding hydrogens is 244 g/mol. The number of nitrogens with zero attached hydrogens (tertiary/aromatic N) is 1. The highest BCUT2D eigenvalue weighted by molar-refractivity contribution is 5.75. The molecule has 1 amide bonds. The molecule has 1 atom stereocenters. The van der Waals surface area contributed by atoms with Crippen molar-refractivity contribution in [2.45, 2.75) is 31.7 Å². The molecule has 2 heterocycles. The molecule has 0 saturated carbocycles. The minimum absolute atomic E-state index is 0.00944. The van der Waals surface area contributed by atoms with E-state index >= 15 is 0 Å². The number of hydrogen-bond donors (Lipinski definition) is 2. The topological polar surface area (TPSA) is 65.7 Å². The maximum atomic E-state index is 11.6. The van der Waals surface area contributed by atoms with Gasteiger partial charge in [0.15, 0.2) is 0 Å². The van der Waals surface area contributed by atoms with E-state index < -0.39 is 0 Å². The van der Waals surface area contributed by atoms with Crippen LogP contribution < -0.4 is 5.32 Å². The van der Waals surface area contributed by atoms with Crippen LogP contribution in [-0.2, 0) is 4.79 Å². The highest BCUT2D eigenvalue weighted by Gasteiger charge is 2.25. The Balaban J connectivity index is 1.89. The van der Waals surface area contributed by atoms with Gasteiger partial charge in [0.05, 0.1) is 12.3 Å². The molecule has 1 saturated heterocycles. The number of nitrogens with one attached hydrogen (secondary N) is 1. The fourth-order valence-corrected chi connectivity index (χ4v) is 2.48. The molecule has 5 heteroatoms. The summed E-state index contributed by atoms with van der Waals surface area (Å²) in [6.45, 7) is 2.73. The van der Waals surface area contributed by atoms with Gasteiger partial charge in [-0.25, -0.2) is 0 Å². The maximum absolute atomic E-state index is 11.6. The first kappa shape index (κ1) is 14.1. The molecule has 0 aliphatic carbocycles. The van der Waals surface area contributed by atoms with Crippen LogP contribution in [-0.4, -0.2) is 42.2 Å². The lowest BCUT2D eigenvalue weighted by Gasteiger charge is -2.26. The minimum Gasteiger partial charge on any atom is -0.468 e. The quantitative estimate of drug-likeness (QED) is 0.781. The third kappa shape index (κ3) is 4.08. The summed E-state index contributed by atoms with van der Waals surface area (Å²) < 4.78 is 5.49. The molecule has 0 aromatic carbocycles. The highest BCUT2D eigenvalue weighted by Crippen LogP contribution is 2.24. The number of hydrogen-bond acceptors (Lipinski definition) is 4. The highest BCUT2D eigenvalue weighted by atomic mass is 16.3. The number of furan rings is 1. The molecule has 19 heavy (non-hydrogen) atoms. The second kappa shape index (κ2) is 7.31. The van der Waals surface area contributed by atoms with Gasteiger partial charge in [0.1, 0.15) is 5.76 Å². The van der Waals surface area contributed by atoms with E-state index in [1.165, 1.54) is 12.8 Å². The summed E-state index contributed by atoms with van der Waals surface area (Å²) in [6.07, 6.45) is 4.97. The Labute approximate surface area is 113 Å². The molecule has 1 fully saturated rings. The van der Waals surface area contributed by atoms with Gasteiger partial charge >= 0.3 is 0 Å². The van der Waals surface area contributed by atoms with Gasteiger partial charge in [0.2, 0.25) is 5.91 Å². The molecule has 2 rings (SSSR count). The van der Waals surface area contributed by atoms with E-state index in [2.05, 4.69) is 10.2 Å². The van der Waals surface area contributed by atoms with E-state index in [9.17, 15) is 4.79 Å². The maximum Gasteiger partial charge on any atom is 0.220 e. The molecule has 1 aromatic rings. The molecule has 1 aromatic heterocycles. The summed E-state index contributed by atoms with van der Waals surface area (Å²) in [5.41, 5.74) is 0. The zero-order chi connectivity index (χ0) is 13.5. The summed E-state index contributed by atoms with van der Waals surface area (Å²) in [5, 5.41) is 11.6. The summed E-state index contributed by atoms with van der Waals surface area (Å²) in [6, 6.07) is 3.96. The normalized spacial score (nSPS) is 17.5. The van der Waals surface area contributed by atoms with Crippen molar-refractivity contribution < 1.29 is 14.3 Å². The van der Waals surface area contributed by atoms with Gasteiger partial charge in [0.25, 0.3) is 0 Å². The third-order valence-electron chi connectivity index (χ3n) is 3.51. The molecule has 2 N–H and O–H groups in total. The monoisotopic (exact) mass is 266 g/mol. The van der Waals surface area contributed by atoms with E-state index in [4.69, 9.17) is 9.52 Å². The molecule has 0 spiro atoms. The fourth-order valence-electron chi connectivity index (χ4n) is 2.48. The van der Waals surface area contributed by atoms with Crippen molar-refractivity contribution in [2.24, 2.45) is 0 Å². The second-order valence-electron chi connectivity index (χ2n) is 4.91. The molecule has 106 valence electrons. The van der Waals surface area contributed by atoms with Gasteiger partial charge in [-0.15, -0.1) is 0 Å². The lowest BCUT2D eigenvalue weighted by Crippen LogP contribution is -2.36. The molecule has 1 aliphatic heterocycles. The van der Waals surface area contributed by atoms with E-state index in [-0.39, 0.29) is 18.6 Å². The Kier molecular flexibility index (Phi) is 5.42. The number of carbonyl (C=O) groups is 1. The first-order chi connectivity index (χ1) is 9.31. The summed E-state index contributed by atoms with van der Waals surface area (Å²) in [5.74, 6) is 0.897. The van der Waals surface area contributed by atoms with E-state index in [0.29, 0.717) is 19.4 Å². The van der Waals surface area contributed by atoms with E-state index in [0.717, 1.165) is 18.8 Å². The number of amides is 1. The lowest BCUT2D eigenvalue weighted by atomic mass is 10.2. The van der Waals surface area contributed by atoms with Crippen molar-refractivity contribution in [3.05, 3.63) is 24.2 Å².